The van der Waals surface area contributed by atoms with Crippen LogP contribution in [0.3, 0.4) is 0 Å². The third-order valence-electron chi connectivity index (χ3n) is 9.56. The fraction of sp³-hybridized carbons (Fsp3) is 0.525. The van der Waals surface area contributed by atoms with Gasteiger partial charge in [-0.25, -0.2) is 4.98 Å². The average molecular weight is 801 g/mol. The molecular formula is C40H57ClN6O7S. The van der Waals surface area contributed by atoms with Crippen molar-refractivity contribution >= 4 is 47.4 Å². The molecular weight excluding hydrogens is 744 g/mol. The lowest BCUT2D eigenvalue weighted by Gasteiger charge is -2.35. The Bertz CT molecular complexity index is 1700. The molecule has 15 heteroatoms. The summed E-state index contributed by atoms with van der Waals surface area (Å²) in [5.41, 5.74) is 17.5. The number of benzene rings is 2. The molecule has 0 bridgehead atoms. The minimum Gasteiger partial charge on any atom is -0.391 e. The maximum absolute atomic E-state index is 13.9. The van der Waals surface area contributed by atoms with E-state index in [1.165, 1.54) is 4.90 Å². The summed E-state index contributed by atoms with van der Waals surface area (Å²) >= 11 is 1.57. The zero-order chi connectivity index (χ0) is 39.4. The smallest absolute Gasteiger partial charge is 0.246 e. The van der Waals surface area contributed by atoms with Gasteiger partial charge in [0.25, 0.3) is 0 Å². The van der Waals surface area contributed by atoms with E-state index < -0.39 is 35.4 Å². The van der Waals surface area contributed by atoms with E-state index in [1.54, 1.807) is 11.3 Å². The second-order valence-corrected chi connectivity index (χ2v) is 16.0. The Morgan fingerprint density at radius 1 is 1.05 bits per heavy atom. The number of halogens is 1. The molecule has 7 N–H and O–H groups in total. The number of nitrogens with zero attached hydrogens (tertiary/aromatic N) is 2. The number of primary amides is 1. The molecule has 4 amide bonds. The van der Waals surface area contributed by atoms with Crippen LogP contribution in [-0.2, 0) is 48.2 Å². The molecule has 1 saturated heterocycles. The maximum Gasteiger partial charge on any atom is 0.246 e. The van der Waals surface area contributed by atoms with Gasteiger partial charge in [-0.1, -0.05) is 69.3 Å². The number of thiazole rings is 1. The highest BCUT2D eigenvalue weighted by Crippen LogP contribution is 2.28. The van der Waals surface area contributed by atoms with Crippen LogP contribution in [-0.4, -0.2) is 88.7 Å². The van der Waals surface area contributed by atoms with E-state index in [9.17, 15) is 24.3 Å². The first-order valence-corrected chi connectivity index (χ1v) is 19.4. The molecule has 3 aromatic rings. The van der Waals surface area contributed by atoms with E-state index in [0.717, 1.165) is 39.2 Å². The van der Waals surface area contributed by atoms with Crippen molar-refractivity contribution in [2.45, 2.75) is 110 Å². The molecule has 1 aliphatic heterocycles. The summed E-state index contributed by atoms with van der Waals surface area (Å²) in [6.07, 6.45) is 1.18. The van der Waals surface area contributed by atoms with Gasteiger partial charge in [-0.3, -0.25) is 19.2 Å². The number of aromatic nitrogens is 1. The predicted octanol–water partition coefficient (Wildman–Crippen LogP) is 3.80. The monoisotopic (exact) mass is 800 g/mol. The van der Waals surface area contributed by atoms with Gasteiger partial charge in [-0.15, -0.1) is 23.7 Å². The average Bonchev–Trinajstić information content (AvgIpc) is 3.75. The van der Waals surface area contributed by atoms with Crippen molar-refractivity contribution in [2.24, 2.45) is 16.9 Å². The highest BCUT2D eigenvalue weighted by molar-refractivity contribution is 7.13. The first-order chi connectivity index (χ1) is 25.6. The number of carbonyl (C=O) groups is 4. The van der Waals surface area contributed by atoms with Crippen molar-refractivity contribution in [1.82, 2.24) is 20.5 Å². The summed E-state index contributed by atoms with van der Waals surface area (Å²) in [6, 6.07) is 13.8. The summed E-state index contributed by atoms with van der Waals surface area (Å²) in [4.78, 5) is 58.0. The van der Waals surface area contributed by atoms with Crippen molar-refractivity contribution < 1.29 is 33.8 Å². The molecule has 0 saturated carbocycles. The van der Waals surface area contributed by atoms with E-state index in [0.29, 0.717) is 26.1 Å². The van der Waals surface area contributed by atoms with Crippen molar-refractivity contribution in [3.05, 3.63) is 76.4 Å². The van der Waals surface area contributed by atoms with Crippen molar-refractivity contribution in [2.75, 3.05) is 19.8 Å². The number of amides is 4. The molecule has 5 atom stereocenters. The Kier molecular flexibility index (Phi) is 17.7. The molecule has 4 rings (SSSR count). The largest absolute Gasteiger partial charge is 0.391 e. The van der Waals surface area contributed by atoms with Gasteiger partial charge < -0.3 is 41.6 Å². The van der Waals surface area contributed by atoms with E-state index in [2.05, 4.69) is 15.6 Å². The third-order valence-corrected chi connectivity index (χ3v) is 10.5. The molecule has 302 valence electrons. The summed E-state index contributed by atoms with van der Waals surface area (Å²) < 4.78 is 11.5. The minimum atomic E-state index is -0.937. The second kappa shape index (κ2) is 21.4. The molecule has 2 aromatic carbocycles. The number of aliphatic hydroxyl groups excluding tert-OH is 1. The van der Waals surface area contributed by atoms with Crippen LogP contribution in [0.2, 0.25) is 0 Å². The van der Waals surface area contributed by atoms with Gasteiger partial charge in [0.05, 0.1) is 34.9 Å². The summed E-state index contributed by atoms with van der Waals surface area (Å²) in [7, 11) is 0. The van der Waals surface area contributed by atoms with E-state index in [-0.39, 0.29) is 68.9 Å². The van der Waals surface area contributed by atoms with Gasteiger partial charge in [0, 0.05) is 38.6 Å². The van der Waals surface area contributed by atoms with Crippen molar-refractivity contribution in [1.29, 1.82) is 0 Å². The Morgan fingerprint density at radius 2 is 1.71 bits per heavy atom. The molecule has 1 fully saturated rings. The van der Waals surface area contributed by atoms with E-state index in [1.807, 2.05) is 88.7 Å². The number of likely N-dealkylation sites (tertiary alicyclic amines) is 1. The second-order valence-electron chi connectivity index (χ2n) is 15.1. The van der Waals surface area contributed by atoms with Crippen LogP contribution in [0.25, 0.3) is 10.4 Å². The van der Waals surface area contributed by atoms with Gasteiger partial charge in [0.15, 0.2) is 0 Å². The van der Waals surface area contributed by atoms with Crippen LogP contribution in [0, 0.1) is 12.3 Å². The Balaban J connectivity index is 0.00000812. The van der Waals surface area contributed by atoms with E-state index >= 15 is 0 Å². The number of hydrogen-bond acceptors (Lipinski definition) is 10. The maximum atomic E-state index is 13.9. The lowest BCUT2D eigenvalue weighted by Crippen LogP contribution is -2.58. The fourth-order valence-corrected chi connectivity index (χ4v) is 7.03. The molecule has 13 nitrogen and oxygen atoms in total. The zero-order valence-electron chi connectivity index (χ0n) is 32.4. The molecule has 1 aliphatic rings. The number of nitrogens with two attached hydrogens (primary N) is 2. The number of aliphatic hydroxyl groups is 1. The first-order valence-electron chi connectivity index (χ1n) is 18.5. The van der Waals surface area contributed by atoms with Crippen LogP contribution >= 0.6 is 23.7 Å². The van der Waals surface area contributed by atoms with Crippen LogP contribution in [0.5, 0.6) is 0 Å². The van der Waals surface area contributed by atoms with Gasteiger partial charge in [0.1, 0.15) is 18.7 Å². The van der Waals surface area contributed by atoms with Gasteiger partial charge in [-0.2, -0.15) is 0 Å². The quantitative estimate of drug-likeness (QED) is 0.112. The molecule has 0 spiro atoms. The first kappa shape index (κ1) is 45.5. The summed E-state index contributed by atoms with van der Waals surface area (Å²) in [6.45, 7) is 10.2. The van der Waals surface area contributed by atoms with Gasteiger partial charge in [-0.05, 0) is 60.8 Å². The van der Waals surface area contributed by atoms with Crippen LogP contribution in [0.1, 0.15) is 75.8 Å². The molecule has 0 aliphatic carbocycles. The van der Waals surface area contributed by atoms with Crippen LogP contribution < -0.4 is 22.1 Å². The lowest BCUT2D eigenvalue weighted by atomic mass is 9.85. The third kappa shape index (κ3) is 14.0. The van der Waals surface area contributed by atoms with Crippen molar-refractivity contribution in [3.63, 3.8) is 0 Å². The zero-order valence-corrected chi connectivity index (χ0v) is 34.0. The molecule has 1 aromatic heterocycles. The normalized spacial score (nSPS) is 17.2. The molecule has 0 unspecified atom stereocenters. The number of rotatable bonds is 19. The number of nitrogens with one attached hydrogen (secondary N) is 2. The Morgan fingerprint density at radius 3 is 2.33 bits per heavy atom. The standard InChI is InChI=1S/C40H56N6O7S.ClH/c1-25-36(54-24-44-25)30-14-12-28(13-15-30)20-43-38(50)33-19-31(47)21-46(33)39(51)37(40(3,4)5)45-35(49)23-52-18-6-7-27-8-10-29(11-9-27)22-53-26(2)32(41)16-17-34(42)48;/h8-15,24,26,31-33,37,47H,6-7,16-23,41H2,1-5H3,(H2,42,48)(H,43,50)(H,45,49);1H/t26-,31-,32+,33+,37-;/m1./s1. The number of ether oxygens (including phenoxy) is 2. The summed E-state index contributed by atoms with van der Waals surface area (Å²) in [5.74, 6) is -1.60. The Labute approximate surface area is 334 Å². The number of β-amino-alcohol motifs (C(OH)–C–C–N with tert-alkyl or cyclic N) is 1. The van der Waals surface area contributed by atoms with Gasteiger partial charge >= 0.3 is 0 Å². The molecule has 0 radical (unpaired) electrons. The predicted molar refractivity (Wildman–Crippen MR) is 215 cm³/mol. The SMILES string of the molecule is Cc1ncsc1-c1ccc(CNC(=O)[C@@H]2C[C@@H](O)CN2C(=O)[C@@H](NC(=O)COCCCc2ccc(CO[C@H](C)[C@@H](N)CCC(N)=O)cc2)C(C)(C)C)cc1.Cl. The number of hydrogen-bond donors (Lipinski definition) is 5. The number of carbonyl (C=O) groups excluding carboxylic acids is 4. The van der Waals surface area contributed by atoms with E-state index in [4.69, 9.17) is 20.9 Å². The van der Waals surface area contributed by atoms with Crippen molar-refractivity contribution in [3.8, 4) is 10.4 Å². The van der Waals surface area contributed by atoms with Crippen LogP contribution in [0.4, 0.5) is 0 Å². The fourth-order valence-electron chi connectivity index (χ4n) is 6.22. The number of aryl methyl sites for hydroxylation is 2. The Hall–Kier alpha value is -3.92. The van der Waals surface area contributed by atoms with Crippen LogP contribution in [0.15, 0.2) is 54.0 Å². The molecule has 2 heterocycles. The van der Waals surface area contributed by atoms with Gasteiger partial charge in [0.2, 0.25) is 23.6 Å². The highest BCUT2D eigenvalue weighted by atomic mass is 35.5. The minimum absolute atomic E-state index is 0. The topological polar surface area (TPSA) is 199 Å². The lowest BCUT2D eigenvalue weighted by molar-refractivity contribution is -0.144. The molecule has 55 heavy (non-hydrogen) atoms. The highest BCUT2D eigenvalue weighted by Gasteiger charge is 2.44. The summed E-state index contributed by atoms with van der Waals surface area (Å²) in [5, 5.41) is 16.3.